The van der Waals surface area contributed by atoms with E-state index in [1.165, 1.54) is 0 Å². The SMILES string of the molecule is CC(C)CN=C(N)NCCS(=O)(=O)C(C)(C)C.I. The summed E-state index contributed by atoms with van der Waals surface area (Å²) in [5.74, 6) is 0.811. The minimum atomic E-state index is -3.10. The Morgan fingerprint density at radius 2 is 1.83 bits per heavy atom. The second kappa shape index (κ2) is 8.19. The van der Waals surface area contributed by atoms with Crippen molar-refractivity contribution in [2.24, 2.45) is 16.6 Å². The molecule has 0 radical (unpaired) electrons. The van der Waals surface area contributed by atoms with Crippen molar-refractivity contribution in [1.29, 1.82) is 0 Å². The number of nitrogens with one attached hydrogen (secondary N) is 1. The summed E-state index contributed by atoms with van der Waals surface area (Å²) in [5.41, 5.74) is 5.60. The summed E-state index contributed by atoms with van der Waals surface area (Å²) in [6, 6.07) is 0. The average Bonchev–Trinajstić information content (AvgIpc) is 2.12. The quantitative estimate of drug-likeness (QED) is 0.421. The molecular weight excluding hydrogens is 365 g/mol. The maximum atomic E-state index is 11.8. The van der Waals surface area contributed by atoms with Crippen molar-refractivity contribution in [3.63, 3.8) is 0 Å². The highest BCUT2D eigenvalue weighted by Crippen LogP contribution is 2.14. The summed E-state index contributed by atoms with van der Waals surface area (Å²) in [6.07, 6.45) is 0. The van der Waals surface area contributed by atoms with Gasteiger partial charge in [-0.05, 0) is 26.7 Å². The molecule has 0 heterocycles. The monoisotopic (exact) mass is 391 g/mol. The van der Waals surface area contributed by atoms with E-state index in [1.807, 2.05) is 13.8 Å². The third-order valence-electron chi connectivity index (χ3n) is 2.24. The van der Waals surface area contributed by atoms with Gasteiger partial charge >= 0.3 is 0 Å². The van der Waals surface area contributed by atoms with E-state index >= 15 is 0 Å². The van der Waals surface area contributed by atoms with Crippen LogP contribution in [0.5, 0.6) is 0 Å². The van der Waals surface area contributed by atoms with Crippen molar-refractivity contribution >= 4 is 39.8 Å². The molecule has 0 fully saturated rings. The van der Waals surface area contributed by atoms with Crippen LogP contribution in [-0.2, 0) is 9.84 Å². The third-order valence-corrected chi connectivity index (χ3v) is 4.84. The molecule has 0 aromatic heterocycles. The molecule has 0 aromatic rings. The molecule has 0 atom stereocenters. The van der Waals surface area contributed by atoms with Gasteiger partial charge in [0.15, 0.2) is 15.8 Å². The lowest BCUT2D eigenvalue weighted by Gasteiger charge is -2.19. The Bertz CT molecular complexity index is 359. The summed E-state index contributed by atoms with van der Waals surface area (Å²) in [5, 5.41) is 2.81. The van der Waals surface area contributed by atoms with Gasteiger partial charge in [0.2, 0.25) is 0 Å². The Kier molecular flexibility index (Phi) is 9.22. The standard InChI is InChI=1S/C11H25N3O2S.HI/c1-9(2)8-14-10(12)13-6-7-17(15,16)11(3,4)5;/h9H,6-8H2,1-5H3,(H3,12,13,14);1H. The third kappa shape index (κ3) is 8.12. The molecule has 7 heteroatoms. The molecule has 0 amide bonds. The molecule has 0 aromatic carbocycles. The number of nitrogens with two attached hydrogens (primary N) is 1. The maximum Gasteiger partial charge on any atom is 0.188 e. The molecular formula is C11H26IN3O2S. The van der Waals surface area contributed by atoms with Gasteiger partial charge in [-0.3, -0.25) is 4.99 Å². The fourth-order valence-electron chi connectivity index (χ4n) is 0.956. The fourth-order valence-corrected chi connectivity index (χ4v) is 1.94. The van der Waals surface area contributed by atoms with Crippen LogP contribution >= 0.6 is 24.0 Å². The molecule has 110 valence electrons. The van der Waals surface area contributed by atoms with E-state index in [4.69, 9.17) is 5.73 Å². The smallest absolute Gasteiger partial charge is 0.188 e. The fraction of sp³-hybridized carbons (Fsp3) is 0.909. The topological polar surface area (TPSA) is 84.5 Å². The van der Waals surface area contributed by atoms with Crippen molar-refractivity contribution < 1.29 is 8.42 Å². The first-order chi connectivity index (χ1) is 7.56. The second-order valence-electron chi connectivity index (χ2n) is 5.48. The van der Waals surface area contributed by atoms with Crippen molar-refractivity contribution in [3.8, 4) is 0 Å². The molecule has 0 rings (SSSR count). The first-order valence-electron chi connectivity index (χ1n) is 5.82. The van der Waals surface area contributed by atoms with Gasteiger partial charge in [0.25, 0.3) is 0 Å². The number of nitrogens with zero attached hydrogens (tertiary/aromatic N) is 1. The number of guanidine groups is 1. The first-order valence-corrected chi connectivity index (χ1v) is 7.47. The zero-order valence-corrected chi connectivity index (χ0v) is 15.0. The summed E-state index contributed by atoms with van der Waals surface area (Å²) in [6.45, 7) is 10.1. The number of hydrogen-bond donors (Lipinski definition) is 2. The highest BCUT2D eigenvalue weighted by atomic mass is 127. The van der Waals surface area contributed by atoms with Crippen LogP contribution in [-0.4, -0.2) is 38.0 Å². The van der Waals surface area contributed by atoms with E-state index in [9.17, 15) is 8.42 Å². The highest BCUT2D eigenvalue weighted by Gasteiger charge is 2.28. The van der Waals surface area contributed by atoms with E-state index in [-0.39, 0.29) is 29.7 Å². The largest absolute Gasteiger partial charge is 0.370 e. The zero-order chi connectivity index (χ0) is 13.7. The predicted octanol–water partition coefficient (Wildman–Crippen LogP) is 1.38. The van der Waals surface area contributed by atoms with Crippen LogP contribution < -0.4 is 11.1 Å². The van der Waals surface area contributed by atoms with E-state index in [1.54, 1.807) is 20.8 Å². The minimum Gasteiger partial charge on any atom is -0.370 e. The van der Waals surface area contributed by atoms with Crippen LogP contribution in [0.1, 0.15) is 34.6 Å². The molecule has 5 nitrogen and oxygen atoms in total. The second-order valence-corrected chi connectivity index (χ2v) is 8.34. The van der Waals surface area contributed by atoms with Crippen LogP contribution in [0.2, 0.25) is 0 Å². The molecule has 0 aliphatic heterocycles. The van der Waals surface area contributed by atoms with Gasteiger partial charge in [0, 0.05) is 13.1 Å². The first kappa shape index (κ1) is 20.3. The number of halogens is 1. The Hall–Kier alpha value is -0.0500. The van der Waals surface area contributed by atoms with Gasteiger partial charge in [-0.25, -0.2) is 8.42 Å². The van der Waals surface area contributed by atoms with Crippen LogP contribution in [0.3, 0.4) is 0 Å². The van der Waals surface area contributed by atoms with E-state index in [0.717, 1.165) is 0 Å². The van der Waals surface area contributed by atoms with Crippen LogP contribution in [0.4, 0.5) is 0 Å². The number of rotatable bonds is 5. The molecule has 0 spiro atoms. The lowest BCUT2D eigenvalue weighted by molar-refractivity contribution is 0.559. The molecule has 3 N–H and O–H groups in total. The van der Waals surface area contributed by atoms with Crippen molar-refractivity contribution in [2.75, 3.05) is 18.8 Å². The van der Waals surface area contributed by atoms with Crippen molar-refractivity contribution in [2.45, 2.75) is 39.4 Å². The predicted molar refractivity (Wildman–Crippen MR) is 88.3 cm³/mol. The number of aliphatic imine (C=N–C) groups is 1. The zero-order valence-electron chi connectivity index (χ0n) is 11.9. The molecule has 0 bridgehead atoms. The normalized spacial score (nSPS) is 13.3. The highest BCUT2D eigenvalue weighted by molar-refractivity contribution is 14.0. The van der Waals surface area contributed by atoms with E-state index < -0.39 is 14.6 Å². The Morgan fingerprint density at radius 3 is 2.22 bits per heavy atom. The van der Waals surface area contributed by atoms with Gasteiger partial charge in [-0.2, -0.15) is 0 Å². The van der Waals surface area contributed by atoms with Gasteiger partial charge in [0.1, 0.15) is 0 Å². The molecule has 0 aliphatic carbocycles. The maximum absolute atomic E-state index is 11.8. The number of sulfone groups is 1. The molecule has 0 saturated heterocycles. The molecule has 18 heavy (non-hydrogen) atoms. The van der Waals surface area contributed by atoms with Crippen molar-refractivity contribution in [1.82, 2.24) is 5.32 Å². The summed E-state index contributed by atoms with van der Waals surface area (Å²) < 4.78 is 22.8. The van der Waals surface area contributed by atoms with E-state index in [2.05, 4.69) is 10.3 Å². The van der Waals surface area contributed by atoms with Gasteiger partial charge in [-0.1, -0.05) is 13.8 Å². The lowest BCUT2D eigenvalue weighted by atomic mass is 10.2. The minimum absolute atomic E-state index is 0. The Labute approximate surface area is 128 Å². The lowest BCUT2D eigenvalue weighted by Crippen LogP contribution is -2.39. The molecule has 0 saturated carbocycles. The van der Waals surface area contributed by atoms with Gasteiger partial charge in [0.05, 0.1) is 10.5 Å². The Balaban J connectivity index is 0. The average molecular weight is 391 g/mol. The summed E-state index contributed by atoms with van der Waals surface area (Å²) in [7, 11) is -3.10. The van der Waals surface area contributed by atoms with Crippen molar-refractivity contribution in [3.05, 3.63) is 0 Å². The van der Waals surface area contributed by atoms with Crippen LogP contribution in [0.15, 0.2) is 4.99 Å². The van der Waals surface area contributed by atoms with E-state index in [0.29, 0.717) is 25.0 Å². The van der Waals surface area contributed by atoms with Crippen LogP contribution in [0.25, 0.3) is 0 Å². The summed E-state index contributed by atoms with van der Waals surface area (Å²) >= 11 is 0. The Morgan fingerprint density at radius 1 is 1.33 bits per heavy atom. The molecule has 0 unspecified atom stereocenters. The van der Waals surface area contributed by atoms with Crippen LogP contribution in [0, 0.1) is 5.92 Å². The van der Waals surface area contributed by atoms with Gasteiger partial charge < -0.3 is 11.1 Å². The summed E-state index contributed by atoms with van der Waals surface area (Å²) in [4.78, 5) is 4.09. The molecule has 0 aliphatic rings. The van der Waals surface area contributed by atoms with Gasteiger partial charge in [-0.15, -0.1) is 24.0 Å². The number of hydrogen-bond acceptors (Lipinski definition) is 3.